The van der Waals surface area contributed by atoms with E-state index in [9.17, 15) is 9.90 Å². The fourth-order valence-corrected chi connectivity index (χ4v) is 7.99. The lowest BCUT2D eigenvalue weighted by molar-refractivity contribution is -0.172. The summed E-state index contributed by atoms with van der Waals surface area (Å²) in [6.07, 6.45) is 8.75. The fourth-order valence-electron chi connectivity index (χ4n) is 7.99. The molecule has 4 saturated carbocycles. The lowest BCUT2D eigenvalue weighted by atomic mass is 9.44. The van der Waals surface area contributed by atoms with E-state index in [2.05, 4.69) is 20.8 Å². The molecular formula is C22H36O3. The second-order valence-electron chi connectivity index (χ2n) is 10.4. The Hall–Kier alpha value is -0.410. The molecule has 0 aromatic carbocycles. The van der Waals surface area contributed by atoms with Crippen LogP contribution in [0, 0.1) is 40.4 Å². The summed E-state index contributed by atoms with van der Waals surface area (Å²) in [5.74, 6) is 3.42. The quantitative estimate of drug-likeness (QED) is 0.812. The van der Waals surface area contributed by atoms with Crippen LogP contribution in [-0.2, 0) is 9.53 Å². The first-order valence-corrected chi connectivity index (χ1v) is 10.5. The van der Waals surface area contributed by atoms with E-state index in [-0.39, 0.29) is 11.3 Å². The number of ketones is 1. The molecule has 4 rings (SSSR count). The molecule has 0 aromatic heterocycles. The van der Waals surface area contributed by atoms with E-state index in [1.54, 1.807) is 7.11 Å². The molecule has 0 radical (unpaired) electrons. The number of Topliss-reactive ketones (excluding diaryl/α,β-unsaturated/α-hetero) is 1. The number of hydrogen-bond acceptors (Lipinski definition) is 3. The van der Waals surface area contributed by atoms with Crippen LogP contribution in [0.15, 0.2) is 0 Å². The molecular weight excluding hydrogens is 312 g/mol. The standard InChI is InChI=1S/C22H36O3/c1-14-12-20(2)15(11-19(14)23)5-6-16-17(20)7-9-21(3)18(16)8-10-22(21,24)13-25-4/h14-18,24H,5-13H2,1-4H3/t14-,15?,16?,17?,18?,20+,21+,22-/m1/s1. The normalized spacial score (nSPS) is 55.4. The molecule has 25 heavy (non-hydrogen) atoms. The molecule has 1 N–H and O–H groups in total. The maximum absolute atomic E-state index is 12.3. The van der Waals surface area contributed by atoms with E-state index in [0.29, 0.717) is 29.6 Å². The van der Waals surface area contributed by atoms with Crippen molar-refractivity contribution in [3.8, 4) is 0 Å². The molecule has 4 fully saturated rings. The summed E-state index contributed by atoms with van der Waals surface area (Å²) in [7, 11) is 1.72. The largest absolute Gasteiger partial charge is 0.387 e. The van der Waals surface area contributed by atoms with Gasteiger partial charge in [0.2, 0.25) is 0 Å². The number of aliphatic hydroxyl groups is 1. The van der Waals surface area contributed by atoms with Gasteiger partial charge in [0.1, 0.15) is 5.78 Å². The Morgan fingerprint density at radius 1 is 1.12 bits per heavy atom. The van der Waals surface area contributed by atoms with Gasteiger partial charge in [-0.1, -0.05) is 20.8 Å². The monoisotopic (exact) mass is 348 g/mol. The second kappa shape index (κ2) is 5.79. The Balaban J connectivity index is 1.63. The average molecular weight is 349 g/mol. The predicted octanol–water partition coefficient (Wildman–Crippen LogP) is 4.22. The number of hydrogen-bond donors (Lipinski definition) is 1. The maximum atomic E-state index is 12.3. The van der Waals surface area contributed by atoms with E-state index >= 15 is 0 Å². The summed E-state index contributed by atoms with van der Waals surface area (Å²) in [6.45, 7) is 7.45. The van der Waals surface area contributed by atoms with Crippen LogP contribution in [0.3, 0.4) is 0 Å². The topological polar surface area (TPSA) is 46.5 Å². The van der Waals surface area contributed by atoms with Crippen molar-refractivity contribution < 1.29 is 14.6 Å². The van der Waals surface area contributed by atoms with Crippen molar-refractivity contribution in [2.75, 3.05) is 13.7 Å². The minimum atomic E-state index is -0.648. The molecule has 142 valence electrons. The summed E-state index contributed by atoms with van der Waals surface area (Å²) >= 11 is 0. The third-order valence-corrected chi connectivity index (χ3v) is 9.51. The Morgan fingerprint density at radius 3 is 2.56 bits per heavy atom. The van der Waals surface area contributed by atoms with E-state index in [1.807, 2.05) is 0 Å². The summed E-state index contributed by atoms with van der Waals surface area (Å²) in [6, 6.07) is 0. The zero-order valence-electron chi connectivity index (χ0n) is 16.5. The molecule has 8 atom stereocenters. The molecule has 0 spiro atoms. The van der Waals surface area contributed by atoms with Crippen LogP contribution in [0.5, 0.6) is 0 Å². The molecule has 4 unspecified atom stereocenters. The van der Waals surface area contributed by atoms with Gasteiger partial charge in [-0.05, 0) is 74.0 Å². The van der Waals surface area contributed by atoms with Crippen molar-refractivity contribution in [1.82, 2.24) is 0 Å². The minimum Gasteiger partial charge on any atom is -0.387 e. The predicted molar refractivity (Wildman–Crippen MR) is 98.1 cm³/mol. The molecule has 0 aliphatic heterocycles. The van der Waals surface area contributed by atoms with Gasteiger partial charge in [-0.3, -0.25) is 4.79 Å². The molecule has 4 aliphatic carbocycles. The summed E-state index contributed by atoms with van der Waals surface area (Å²) < 4.78 is 5.42. The van der Waals surface area contributed by atoms with Crippen molar-refractivity contribution >= 4 is 5.78 Å². The first-order valence-electron chi connectivity index (χ1n) is 10.5. The summed E-state index contributed by atoms with van der Waals surface area (Å²) in [5, 5.41) is 11.3. The van der Waals surface area contributed by atoms with Crippen molar-refractivity contribution in [3.05, 3.63) is 0 Å². The number of carbonyl (C=O) groups excluding carboxylic acids is 1. The zero-order valence-corrected chi connectivity index (χ0v) is 16.5. The number of fused-ring (bicyclic) bond motifs is 5. The van der Waals surface area contributed by atoms with Gasteiger partial charge in [0, 0.05) is 24.9 Å². The van der Waals surface area contributed by atoms with Gasteiger partial charge in [-0.15, -0.1) is 0 Å². The maximum Gasteiger partial charge on any atom is 0.136 e. The van der Waals surface area contributed by atoms with Crippen LogP contribution < -0.4 is 0 Å². The third kappa shape index (κ3) is 2.34. The summed E-state index contributed by atoms with van der Waals surface area (Å²) in [5.41, 5.74) is -0.312. The van der Waals surface area contributed by atoms with Crippen molar-refractivity contribution in [3.63, 3.8) is 0 Å². The average Bonchev–Trinajstić information content (AvgIpc) is 2.81. The van der Waals surface area contributed by atoms with E-state index in [4.69, 9.17) is 4.74 Å². The van der Waals surface area contributed by atoms with Crippen molar-refractivity contribution in [2.45, 2.75) is 77.7 Å². The number of carbonyl (C=O) groups is 1. The van der Waals surface area contributed by atoms with Gasteiger partial charge in [0.05, 0.1) is 12.2 Å². The zero-order chi connectivity index (χ0) is 18.0. The van der Waals surface area contributed by atoms with Gasteiger partial charge in [0.25, 0.3) is 0 Å². The van der Waals surface area contributed by atoms with Crippen LogP contribution >= 0.6 is 0 Å². The van der Waals surface area contributed by atoms with Crippen molar-refractivity contribution in [1.29, 1.82) is 0 Å². The van der Waals surface area contributed by atoms with Gasteiger partial charge < -0.3 is 9.84 Å². The lowest BCUT2D eigenvalue weighted by Gasteiger charge is -2.61. The highest BCUT2D eigenvalue weighted by molar-refractivity contribution is 5.82. The van der Waals surface area contributed by atoms with Crippen LogP contribution in [0.25, 0.3) is 0 Å². The smallest absolute Gasteiger partial charge is 0.136 e. The molecule has 0 bridgehead atoms. The Bertz CT molecular complexity index is 559. The van der Waals surface area contributed by atoms with Gasteiger partial charge in [-0.25, -0.2) is 0 Å². The first kappa shape index (κ1) is 18.0. The van der Waals surface area contributed by atoms with E-state index in [1.165, 1.54) is 19.3 Å². The molecule has 3 nitrogen and oxygen atoms in total. The molecule has 3 heteroatoms. The SMILES string of the molecule is COC[C@]1(O)CCC2C3CCC4CC(=O)[C@H](C)C[C@]4(C)C3CC[C@@]21C. The summed E-state index contributed by atoms with van der Waals surface area (Å²) in [4.78, 5) is 12.3. The van der Waals surface area contributed by atoms with Gasteiger partial charge in [0.15, 0.2) is 0 Å². The minimum absolute atomic E-state index is 0.00345. The highest BCUT2D eigenvalue weighted by Gasteiger charge is 2.64. The Morgan fingerprint density at radius 2 is 1.84 bits per heavy atom. The lowest BCUT2D eigenvalue weighted by Crippen LogP contribution is -2.58. The van der Waals surface area contributed by atoms with Crippen LogP contribution in [-0.4, -0.2) is 30.2 Å². The number of methoxy groups -OCH3 is 1. The van der Waals surface area contributed by atoms with E-state index in [0.717, 1.165) is 43.9 Å². The van der Waals surface area contributed by atoms with Gasteiger partial charge in [-0.2, -0.15) is 0 Å². The fraction of sp³-hybridized carbons (Fsp3) is 0.955. The number of rotatable bonds is 2. The third-order valence-electron chi connectivity index (χ3n) is 9.51. The highest BCUT2D eigenvalue weighted by atomic mass is 16.5. The molecule has 4 aliphatic rings. The second-order valence-corrected chi connectivity index (χ2v) is 10.4. The molecule has 0 heterocycles. The van der Waals surface area contributed by atoms with Crippen LogP contribution in [0.2, 0.25) is 0 Å². The van der Waals surface area contributed by atoms with E-state index < -0.39 is 5.60 Å². The van der Waals surface area contributed by atoms with Crippen molar-refractivity contribution in [2.24, 2.45) is 40.4 Å². The molecule has 0 amide bonds. The first-order chi connectivity index (χ1) is 11.7. The Labute approximate surface area is 152 Å². The Kier molecular flexibility index (Phi) is 4.16. The highest BCUT2D eigenvalue weighted by Crippen LogP contribution is 2.68. The van der Waals surface area contributed by atoms with Crippen LogP contribution in [0.4, 0.5) is 0 Å². The van der Waals surface area contributed by atoms with Crippen LogP contribution in [0.1, 0.15) is 72.1 Å². The molecule has 0 saturated heterocycles. The van der Waals surface area contributed by atoms with Gasteiger partial charge >= 0.3 is 0 Å². The molecule has 0 aromatic rings. The number of ether oxygens (including phenoxy) is 1.